The zero-order valence-electron chi connectivity index (χ0n) is 19.8. The lowest BCUT2D eigenvalue weighted by Gasteiger charge is -2.50. The average Bonchev–Trinajstić information content (AvgIpc) is 3.13. The van der Waals surface area contributed by atoms with Crippen LogP contribution in [0.4, 0.5) is 0 Å². The second-order valence-corrected chi connectivity index (χ2v) is 10.9. The third-order valence-electron chi connectivity index (χ3n) is 7.97. The molecule has 0 bridgehead atoms. The molecule has 3 aliphatic heterocycles. The van der Waals surface area contributed by atoms with Crippen molar-refractivity contribution in [3.63, 3.8) is 0 Å². The van der Waals surface area contributed by atoms with Gasteiger partial charge in [-0.05, 0) is 17.4 Å². The fourth-order valence-electron chi connectivity index (χ4n) is 5.75. The Bertz CT molecular complexity index is 1080. The quantitative estimate of drug-likeness (QED) is 0.693. The number of rotatable bonds is 6. The maximum atomic E-state index is 13.4. The van der Waals surface area contributed by atoms with E-state index in [2.05, 4.69) is 19.3 Å². The van der Waals surface area contributed by atoms with Crippen molar-refractivity contribution in [3.05, 3.63) is 47.7 Å². The molecule has 4 aliphatic rings. The van der Waals surface area contributed by atoms with Crippen LogP contribution >= 0.6 is 0 Å². The van der Waals surface area contributed by atoms with Gasteiger partial charge in [-0.15, -0.1) is 0 Å². The van der Waals surface area contributed by atoms with E-state index in [1.165, 1.54) is 0 Å². The molecule has 2 atom stereocenters. The van der Waals surface area contributed by atoms with Crippen molar-refractivity contribution in [3.8, 4) is 6.07 Å². The molecule has 1 aromatic carbocycles. The summed E-state index contributed by atoms with van der Waals surface area (Å²) < 4.78 is 0. The molecular formula is C26H31N5O3. The van der Waals surface area contributed by atoms with Crippen LogP contribution in [0.25, 0.3) is 0 Å². The molecule has 3 fully saturated rings. The molecule has 3 heterocycles. The van der Waals surface area contributed by atoms with Gasteiger partial charge in [-0.3, -0.25) is 14.4 Å². The first kappa shape index (κ1) is 22.6. The van der Waals surface area contributed by atoms with Crippen LogP contribution in [-0.4, -0.2) is 65.1 Å². The van der Waals surface area contributed by atoms with E-state index in [1.54, 1.807) is 4.90 Å². The number of benzene rings is 1. The van der Waals surface area contributed by atoms with E-state index in [-0.39, 0.29) is 35.4 Å². The Morgan fingerprint density at radius 1 is 1.09 bits per heavy atom. The summed E-state index contributed by atoms with van der Waals surface area (Å²) in [5.41, 5.74) is 4.66. The van der Waals surface area contributed by atoms with E-state index in [9.17, 15) is 14.4 Å². The molecule has 0 aromatic heterocycles. The monoisotopic (exact) mass is 461 g/mol. The van der Waals surface area contributed by atoms with Crippen LogP contribution in [0, 0.1) is 34.0 Å². The summed E-state index contributed by atoms with van der Waals surface area (Å²) in [4.78, 5) is 42.6. The molecule has 1 saturated carbocycles. The van der Waals surface area contributed by atoms with Gasteiger partial charge in [-0.2, -0.15) is 5.26 Å². The minimum Gasteiger partial charge on any atom is -0.341 e. The van der Waals surface area contributed by atoms with Gasteiger partial charge in [0.2, 0.25) is 5.91 Å². The minimum atomic E-state index is -0.436. The van der Waals surface area contributed by atoms with Gasteiger partial charge in [-0.1, -0.05) is 44.2 Å². The number of carbonyl (C=O) groups excluding carboxylic acids is 3. The first-order valence-corrected chi connectivity index (χ1v) is 11.9. The summed E-state index contributed by atoms with van der Waals surface area (Å²) in [5.74, 6) is -0.389. The molecule has 178 valence electrons. The van der Waals surface area contributed by atoms with Crippen LogP contribution in [0.2, 0.25) is 0 Å². The largest absolute Gasteiger partial charge is 0.341 e. The van der Waals surface area contributed by atoms with Gasteiger partial charge in [0.1, 0.15) is 0 Å². The summed E-state index contributed by atoms with van der Waals surface area (Å²) >= 11 is 0. The van der Waals surface area contributed by atoms with Gasteiger partial charge >= 0.3 is 0 Å². The first-order chi connectivity index (χ1) is 16.2. The third kappa shape index (κ3) is 3.98. The molecule has 8 nitrogen and oxygen atoms in total. The summed E-state index contributed by atoms with van der Waals surface area (Å²) in [6, 6.07) is 12.0. The van der Waals surface area contributed by atoms with Crippen LogP contribution < -0.4 is 5.43 Å². The SMILES string of the molecule is CC1(C)CC1C(=O)N1CC2(CN(C(=O)C3=CN(Cc4ccccc4)NC3)CC2C(=O)CC#N)C1. The predicted molar refractivity (Wildman–Crippen MR) is 124 cm³/mol. The number of nitriles is 1. The number of ketones is 1. The lowest BCUT2D eigenvalue weighted by Crippen LogP contribution is -2.63. The fourth-order valence-corrected chi connectivity index (χ4v) is 5.75. The highest BCUT2D eigenvalue weighted by atomic mass is 16.2. The van der Waals surface area contributed by atoms with Gasteiger partial charge in [0.05, 0.1) is 24.6 Å². The maximum absolute atomic E-state index is 13.4. The van der Waals surface area contributed by atoms with Gasteiger partial charge in [0.25, 0.3) is 5.91 Å². The van der Waals surface area contributed by atoms with Crippen LogP contribution in [0.3, 0.4) is 0 Å². The highest BCUT2D eigenvalue weighted by Crippen LogP contribution is 2.54. The molecule has 1 N–H and O–H groups in total. The van der Waals surface area contributed by atoms with E-state index < -0.39 is 11.3 Å². The number of likely N-dealkylation sites (tertiary alicyclic amines) is 2. The summed E-state index contributed by atoms with van der Waals surface area (Å²) in [5, 5.41) is 11.0. The molecule has 1 spiro atoms. The van der Waals surface area contributed by atoms with E-state index >= 15 is 0 Å². The molecule has 1 aliphatic carbocycles. The van der Waals surface area contributed by atoms with Crippen LogP contribution in [0.1, 0.15) is 32.3 Å². The van der Waals surface area contributed by atoms with Crippen LogP contribution in [-0.2, 0) is 20.9 Å². The van der Waals surface area contributed by atoms with Gasteiger partial charge in [-0.25, -0.2) is 5.43 Å². The van der Waals surface area contributed by atoms with Crippen molar-refractivity contribution >= 4 is 17.6 Å². The number of carbonyl (C=O) groups is 3. The van der Waals surface area contributed by atoms with Crippen molar-refractivity contribution in [2.45, 2.75) is 33.2 Å². The molecule has 8 heteroatoms. The number of hydrogen-bond donors (Lipinski definition) is 1. The van der Waals surface area contributed by atoms with Gasteiger partial charge in [0, 0.05) is 56.2 Å². The summed E-state index contributed by atoms with van der Waals surface area (Å²) in [6.45, 7) is 7.03. The number of hydrogen-bond acceptors (Lipinski definition) is 6. The smallest absolute Gasteiger partial charge is 0.252 e. The van der Waals surface area contributed by atoms with Crippen molar-refractivity contribution in [1.82, 2.24) is 20.2 Å². The molecular weight excluding hydrogens is 430 g/mol. The van der Waals surface area contributed by atoms with Crippen molar-refractivity contribution < 1.29 is 14.4 Å². The van der Waals surface area contributed by atoms with Crippen molar-refractivity contribution in [1.29, 1.82) is 5.26 Å². The number of nitrogens with zero attached hydrogens (tertiary/aromatic N) is 4. The van der Waals surface area contributed by atoms with Crippen molar-refractivity contribution in [2.75, 3.05) is 32.7 Å². The van der Waals surface area contributed by atoms with Gasteiger partial charge in [0.15, 0.2) is 5.78 Å². The highest BCUT2D eigenvalue weighted by molar-refractivity contribution is 5.95. The Balaban J connectivity index is 1.26. The number of amides is 2. The highest BCUT2D eigenvalue weighted by Gasteiger charge is 2.61. The van der Waals surface area contributed by atoms with E-state index in [0.717, 1.165) is 12.0 Å². The molecule has 0 radical (unpaired) electrons. The summed E-state index contributed by atoms with van der Waals surface area (Å²) in [7, 11) is 0. The second kappa shape index (κ2) is 8.24. The number of nitrogens with one attached hydrogen (secondary N) is 1. The molecule has 2 saturated heterocycles. The lowest BCUT2D eigenvalue weighted by molar-refractivity contribution is -0.151. The van der Waals surface area contributed by atoms with E-state index in [0.29, 0.717) is 44.8 Å². The molecule has 2 unspecified atom stereocenters. The Kier molecular flexibility index (Phi) is 5.48. The second-order valence-electron chi connectivity index (χ2n) is 10.9. The third-order valence-corrected chi connectivity index (χ3v) is 7.97. The normalized spacial score (nSPS) is 26.1. The fraction of sp³-hybridized carbons (Fsp3) is 0.538. The average molecular weight is 462 g/mol. The van der Waals surface area contributed by atoms with E-state index in [1.807, 2.05) is 52.5 Å². The maximum Gasteiger partial charge on any atom is 0.252 e. The van der Waals surface area contributed by atoms with Crippen LogP contribution in [0.15, 0.2) is 42.1 Å². The number of hydrazine groups is 1. The Morgan fingerprint density at radius 3 is 2.41 bits per heavy atom. The predicted octanol–water partition coefficient (Wildman–Crippen LogP) is 1.71. The van der Waals surface area contributed by atoms with Crippen LogP contribution in [0.5, 0.6) is 0 Å². The molecule has 5 rings (SSSR count). The molecule has 1 aromatic rings. The first-order valence-electron chi connectivity index (χ1n) is 11.9. The Labute approximate surface area is 200 Å². The van der Waals surface area contributed by atoms with Crippen molar-refractivity contribution in [2.24, 2.45) is 22.7 Å². The molecule has 34 heavy (non-hydrogen) atoms. The summed E-state index contributed by atoms with van der Waals surface area (Å²) in [6.07, 6.45) is 2.59. The Morgan fingerprint density at radius 2 is 1.76 bits per heavy atom. The Hall–Kier alpha value is -3.18. The lowest BCUT2D eigenvalue weighted by atomic mass is 9.69. The topological polar surface area (TPSA) is 96.8 Å². The van der Waals surface area contributed by atoms with Gasteiger partial charge < -0.3 is 14.8 Å². The number of Topliss-reactive ketones (excluding diaryl/α,β-unsaturated/α-hetero) is 1. The zero-order valence-corrected chi connectivity index (χ0v) is 19.8. The standard InChI is InChI=1S/C26H31N5O3/c1-25(2)10-20(25)24(34)30-16-26(17-30)15-29(14-21(26)22(32)8-9-27)23(33)19-11-28-31(13-19)12-18-6-4-3-5-7-18/h3-7,13,20-21,28H,8,10-12,14-17H2,1-2H3. The minimum absolute atomic E-state index is 0.0567. The van der Waals surface area contributed by atoms with E-state index in [4.69, 9.17) is 5.26 Å². The molecule has 2 amide bonds. The zero-order chi connectivity index (χ0) is 24.1.